The minimum Gasteiger partial charge on any atom is -0.487 e. The molecule has 2 heterocycles. The van der Waals surface area contributed by atoms with Crippen LogP contribution in [0, 0.1) is 6.92 Å². The quantitative estimate of drug-likeness (QED) is 0.269. The number of nitrogens with zero attached hydrogens (tertiary/aromatic N) is 2. The normalized spacial score (nSPS) is 13.2. The Kier molecular flexibility index (Phi) is 6.00. The van der Waals surface area contributed by atoms with E-state index in [9.17, 15) is 13.2 Å². The molecule has 0 radical (unpaired) electrons. The molecule has 3 aromatic carbocycles. The van der Waals surface area contributed by atoms with Crippen LogP contribution in [0.2, 0.25) is 0 Å². The highest BCUT2D eigenvalue weighted by atomic mass is 32.2. The van der Waals surface area contributed by atoms with E-state index < -0.39 is 11.7 Å². The van der Waals surface area contributed by atoms with Crippen molar-refractivity contribution in [2.75, 3.05) is 10.8 Å². The number of hydrogen-bond acceptors (Lipinski definition) is 5. The highest BCUT2D eigenvalue weighted by molar-refractivity contribution is 8.00. The molecule has 1 aromatic heterocycles. The third-order valence-corrected chi connectivity index (χ3v) is 6.69. The molecule has 0 saturated carbocycles. The number of aromatic nitrogens is 1. The van der Waals surface area contributed by atoms with Crippen LogP contribution in [-0.4, -0.2) is 11.5 Å². The summed E-state index contributed by atoms with van der Waals surface area (Å²) in [7, 11) is 0. The molecule has 0 N–H and O–H groups in total. The Morgan fingerprint density at radius 3 is 2.47 bits per heavy atom. The Hall–Kier alpha value is -3.39. The molecular formula is C26H21F3N2O2S. The second-order valence-electron chi connectivity index (χ2n) is 7.93. The van der Waals surface area contributed by atoms with Crippen molar-refractivity contribution in [3.05, 3.63) is 95.4 Å². The summed E-state index contributed by atoms with van der Waals surface area (Å²) in [6.45, 7) is 2.93. The van der Waals surface area contributed by atoms with Crippen molar-refractivity contribution in [3.63, 3.8) is 0 Å². The van der Waals surface area contributed by atoms with Crippen LogP contribution in [0.4, 0.5) is 18.9 Å². The molecule has 1 aliphatic heterocycles. The Bertz CT molecular complexity index is 1280. The zero-order valence-corrected chi connectivity index (χ0v) is 19.1. The van der Waals surface area contributed by atoms with Crippen molar-refractivity contribution in [2.24, 2.45) is 0 Å². The molecule has 8 heteroatoms. The molecule has 4 aromatic rings. The van der Waals surface area contributed by atoms with Crippen LogP contribution in [0.15, 0.2) is 82.1 Å². The number of oxazole rings is 1. The van der Waals surface area contributed by atoms with Gasteiger partial charge in [-0.2, -0.15) is 13.2 Å². The molecule has 0 aliphatic carbocycles. The zero-order valence-electron chi connectivity index (χ0n) is 18.3. The summed E-state index contributed by atoms with van der Waals surface area (Å²) in [5.41, 5.74) is 3.00. The van der Waals surface area contributed by atoms with E-state index in [1.54, 1.807) is 18.9 Å². The van der Waals surface area contributed by atoms with Gasteiger partial charge in [0.2, 0.25) is 5.89 Å². The molecular weight excluding hydrogens is 461 g/mol. The predicted octanol–water partition coefficient (Wildman–Crippen LogP) is 7.32. The fraction of sp³-hybridized carbons (Fsp3) is 0.192. The number of rotatable bonds is 6. The molecule has 4 nitrogen and oxygen atoms in total. The smallest absolute Gasteiger partial charge is 0.416 e. The van der Waals surface area contributed by atoms with Crippen LogP contribution in [0.3, 0.4) is 0 Å². The van der Waals surface area contributed by atoms with Gasteiger partial charge in [0.1, 0.15) is 23.8 Å². The summed E-state index contributed by atoms with van der Waals surface area (Å²) in [4.78, 5) is 5.53. The Morgan fingerprint density at radius 2 is 1.74 bits per heavy atom. The molecule has 0 amide bonds. The van der Waals surface area contributed by atoms with Gasteiger partial charge in [0, 0.05) is 17.0 Å². The van der Waals surface area contributed by atoms with Crippen molar-refractivity contribution >= 4 is 17.6 Å². The van der Waals surface area contributed by atoms with Gasteiger partial charge in [-0.25, -0.2) is 4.98 Å². The van der Waals surface area contributed by atoms with Gasteiger partial charge in [-0.3, -0.25) is 0 Å². The number of hydrogen-bond donors (Lipinski definition) is 0. The Balaban J connectivity index is 1.21. The largest absolute Gasteiger partial charge is 0.487 e. The van der Waals surface area contributed by atoms with Crippen molar-refractivity contribution in [3.8, 4) is 17.2 Å². The van der Waals surface area contributed by atoms with Crippen LogP contribution in [0.1, 0.15) is 22.6 Å². The average Bonchev–Trinajstić information content (AvgIpc) is 3.41. The van der Waals surface area contributed by atoms with Gasteiger partial charge in [-0.05, 0) is 85.5 Å². The maximum atomic E-state index is 12.8. The molecule has 34 heavy (non-hydrogen) atoms. The first-order valence-corrected chi connectivity index (χ1v) is 11.5. The first kappa shape index (κ1) is 22.4. The summed E-state index contributed by atoms with van der Waals surface area (Å²) in [6, 6.07) is 21.1. The Labute approximate surface area is 199 Å². The second kappa shape index (κ2) is 9.10. The molecule has 0 spiro atoms. The SMILES string of the molecule is Cc1oc(-c2ccc(C(F)(F)F)cc2)nc1COc1ccc(SN2CCc3ccccc32)cc1. The average molecular weight is 483 g/mol. The van der Waals surface area contributed by atoms with Crippen molar-refractivity contribution in [2.45, 2.75) is 31.0 Å². The van der Waals surface area contributed by atoms with E-state index in [-0.39, 0.29) is 12.5 Å². The highest BCUT2D eigenvalue weighted by Gasteiger charge is 2.30. The van der Waals surface area contributed by atoms with Crippen molar-refractivity contribution < 1.29 is 22.3 Å². The summed E-state index contributed by atoms with van der Waals surface area (Å²) >= 11 is 1.70. The maximum Gasteiger partial charge on any atom is 0.416 e. The number of aryl methyl sites for hydroxylation is 1. The van der Waals surface area contributed by atoms with Crippen LogP contribution >= 0.6 is 11.9 Å². The molecule has 0 bridgehead atoms. The lowest BCUT2D eigenvalue weighted by molar-refractivity contribution is -0.137. The van der Waals surface area contributed by atoms with Crippen LogP contribution in [0.25, 0.3) is 11.5 Å². The standard InChI is InChI=1S/C26H21F3N2O2S/c1-17-23(30-25(33-17)19-6-8-20(9-7-19)26(27,28)29)16-32-21-10-12-22(13-11-21)34-31-15-14-18-4-2-3-5-24(18)31/h2-13H,14-16H2,1H3. The lowest BCUT2D eigenvalue weighted by Crippen LogP contribution is -2.09. The highest BCUT2D eigenvalue weighted by Crippen LogP contribution is 2.37. The summed E-state index contributed by atoms with van der Waals surface area (Å²) in [5.74, 6) is 1.53. The number of alkyl halides is 3. The van der Waals surface area contributed by atoms with Gasteiger partial charge < -0.3 is 13.5 Å². The monoisotopic (exact) mass is 482 g/mol. The number of para-hydroxylation sites is 1. The van der Waals surface area contributed by atoms with E-state index in [4.69, 9.17) is 9.15 Å². The second-order valence-corrected chi connectivity index (χ2v) is 9.02. The van der Waals surface area contributed by atoms with Crippen molar-refractivity contribution in [1.82, 2.24) is 4.98 Å². The number of fused-ring (bicyclic) bond motifs is 1. The molecule has 0 saturated heterocycles. The van der Waals surface area contributed by atoms with Gasteiger partial charge in [-0.15, -0.1) is 0 Å². The Morgan fingerprint density at radius 1 is 1.00 bits per heavy atom. The third-order valence-electron chi connectivity index (χ3n) is 5.61. The van der Waals surface area contributed by atoms with E-state index in [1.807, 2.05) is 24.3 Å². The summed E-state index contributed by atoms with van der Waals surface area (Å²) < 4.78 is 52.2. The van der Waals surface area contributed by atoms with Crippen molar-refractivity contribution in [1.29, 1.82) is 0 Å². The molecule has 5 rings (SSSR count). The van der Waals surface area contributed by atoms with E-state index in [0.29, 0.717) is 22.8 Å². The van der Waals surface area contributed by atoms with E-state index in [1.165, 1.54) is 23.4 Å². The minimum absolute atomic E-state index is 0.196. The molecule has 174 valence electrons. The van der Waals surface area contributed by atoms with Gasteiger partial charge >= 0.3 is 6.18 Å². The van der Waals surface area contributed by atoms with Gasteiger partial charge in [0.05, 0.1) is 11.3 Å². The zero-order chi connectivity index (χ0) is 23.7. The molecule has 1 aliphatic rings. The van der Waals surface area contributed by atoms with Gasteiger partial charge in [0.25, 0.3) is 0 Å². The summed E-state index contributed by atoms with van der Waals surface area (Å²) in [6.07, 6.45) is -3.33. The third kappa shape index (κ3) is 4.77. The van der Waals surface area contributed by atoms with Gasteiger partial charge in [0.15, 0.2) is 0 Å². The fourth-order valence-electron chi connectivity index (χ4n) is 3.77. The first-order valence-electron chi connectivity index (χ1n) is 10.8. The lowest BCUT2D eigenvalue weighted by Gasteiger charge is -2.17. The van der Waals surface area contributed by atoms with E-state index >= 15 is 0 Å². The number of benzene rings is 3. The topological polar surface area (TPSA) is 38.5 Å². The van der Waals surface area contributed by atoms with Crippen LogP contribution < -0.4 is 9.04 Å². The number of anilines is 1. The number of halogens is 3. The molecule has 0 atom stereocenters. The van der Waals surface area contributed by atoms with Gasteiger partial charge in [-0.1, -0.05) is 18.2 Å². The predicted molar refractivity (Wildman–Crippen MR) is 126 cm³/mol. The fourth-order valence-corrected chi connectivity index (χ4v) is 4.74. The van der Waals surface area contributed by atoms with E-state index in [0.717, 1.165) is 30.0 Å². The van der Waals surface area contributed by atoms with Crippen LogP contribution in [0.5, 0.6) is 5.75 Å². The number of ether oxygens (including phenoxy) is 1. The molecule has 0 fully saturated rings. The summed E-state index contributed by atoms with van der Waals surface area (Å²) in [5, 5.41) is 0. The lowest BCUT2D eigenvalue weighted by atomic mass is 10.1. The molecule has 0 unspecified atom stereocenters. The van der Waals surface area contributed by atoms with Crippen LogP contribution in [-0.2, 0) is 19.2 Å². The van der Waals surface area contributed by atoms with E-state index in [2.05, 4.69) is 33.6 Å². The first-order chi connectivity index (χ1) is 16.4. The maximum absolute atomic E-state index is 12.8. The minimum atomic E-state index is -4.38.